The number of carboxylic acids is 1. The number of rotatable bonds is 5. The predicted octanol–water partition coefficient (Wildman–Crippen LogP) is 4.37. The molecule has 4 nitrogen and oxygen atoms in total. The minimum atomic E-state index is -0.885. The molecule has 0 saturated carbocycles. The summed E-state index contributed by atoms with van der Waals surface area (Å²) in [7, 11) is 0. The van der Waals surface area contributed by atoms with Gasteiger partial charge in [-0.2, -0.15) is 0 Å². The van der Waals surface area contributed by atoms with Crippen LogP contribution in [-0.2, 0) is 4.79 Å². The molecule has 0 saturated heterocycles. The maximum atomic E-state index is 11.7. The first-order valence-electron chi connectivity index (χ1n) is 7.49. The molecule has 3 aromatic rings. The Morgan fingerprint density at radius 1 is 1.00 bits per heavy atom. The Morgan fingerprint density at radius 3 is 2.25 bits per heavy atom. The van der Waals surface area contributed by atoms with E-state index in [-0.39, 0.29) is 0 Å². The molecule has 0 amide bonds. The standard InChI is InChI=1S/C19H16N2O2S/c1-13-20-16(14-8-4-2-5-9-14)12-17(21-13)24-18(19(22)23)15-10-6-3-7-11-15/h2-12,18H,1H3,(H,22,23)/t18-/m0/s1. The first-order valence-corrected chi connectivity index (χ1v) is 8.37. The van der Waals surface area contributed by atoms with E-state index in [2.05, 4.69) is 9.97 Å². The van der Waals surface area contributed by atoms with Crippen LogP contribution in [0.2, 0.25) is 0 Å². The van der Waals surface area contributed by atoms with Gasteiger partial charge in [-0.3, -0.25) is 4.79 Å². The molecular formula is C19H16N2O2S. The molecule has 0 spiro atoms. The second-order valence-corrected chi connectivity index (χ2v) is 6.38. The average Bonchev–Trinajstić information content (AvgIpc) is 2.60. The van der Waals surface area contributed by atoms with E-state index in [0.29, 0.717) is 10.9 Å². The van der Waals surface area contributed by atoms with E-state index in [1.54, 1.807) is 0 Å². The molecule has 0 aliphatic rings. The number of benzene rings is 2. The fourth-order valence-electron chi connectivity index (χ4n) is 2.37. The third-order valence-electron chi connectivity index (χ3n) is 3.45. The second kappa shape index (κ2) is 7.27. The lowest BCUT2D eigenvalue weighted by Crippen LogP contribution is -2.08. The summed E-state index contributed by atoms with van der Waals surface area (Å²) in [6, 6.07) is 20.8. The molecule has 1 atom stereocenters. The molecule has 3 rings (SSSR count). The highest BCUT2D eigenvalue weighted by atomic mass is 32.2. The molecule has 1 heterocycles. The van der Waals surface area contributed by atoms with E-state index < -0.39 is 11.2 Å². The van der Waals surface area contributed by atoms with Crippen molar-refractivity contribution in [2.24, 2.45) is 0 Å². The monoisotopic (exact) mass is 336 g/mol. The second-order valence-electron chi connectivity index (χ2n) is 5.25. The molecular weight excluding hydrogens is 320 g/mol. The van der Waals surface area contributed by atoms with Gasteiger partial charge < -0.3 is 5.11 Å². The Bertz CT molecular complexity index is 839. The zero-order valence-electron chi connectivity index (χ0n) is 13.1. The number of nitrogens with zero attached hydrogens (tertiary/aromatic N) is 2. The molecule has 1 N–H and O–H groups in total. The van der Waals surface area contributed by atoms with Crippen molar-refractivity contribution in [1.82, 2.24) is 9.97 Å². The van der Waals surface area contributed by atoms with Crippen LogP contribution < -0.4 is 0 Å². The van der Waals surface area contributed by atoms with Crippen LogP contribution in [0.3, 0.4) is 0 Å². The van der Waals surface area contributed by atoms with Gasteiger partial charge in [-0.15, -0.1) is 0 Å². The summed E-state index contributed by atoms with van der Waals surface area (Å²) in [6.45, 7) is 1.81. The molecule has 0 bridgehead atoms. The zero-order chi connectivity index (χ0) is 16.9. The van der Waals surface area contributed by atoms with Gasteiger partial charge >= 0.3 is 5.97 Å². The number of carboxylic acid groups (broad SMARTS) is 1. The Balaban J connectivity index is 1.94. The summed E-state index contributed by atoms with van der Waals surface area (Å²) in [4.78, 5) is 20.5. The first kappa shape index (κ1) is 16.2. The maximum absolute atomic E-state index is 11.7. The van der Waals surface area contributed by atoms with Crippen molar-refractivity contribution < 1.29 is 9.90 Å². The van der Waals surface area contributed by atoms with Gasteiger partial charge in [0.05, 0.1) is 5.69 Å². The van der Waals surface area contributed by atoms with Crippen molar-refractivity contribution in [2.75, 3.05) is 0 Å². The van der Waals surface area contributed by atoms with E-state index in [0.717, 1.165) is 16.8 Å². The van der Waals surface area contributed by atoms with Gasteiger partial charge in [0, 0.05) is 5.56 Å². The van der Waals surface area contributed by atoms with E-state index in [4.69, 9.17) is 0 Å². The molecule has 0 aliphatic carbocycles. The quantitative estimate of drug-likeness (QED) is 0.554. The molecule has 5 heteroatoms. The van der Waals surface area contributed by atoms with Crippen LogP contribution in [0.4, 0.5) is 0 Å². The third-order valence-corrected chi connectivity index (χ3v) is 4.61. The summed E-state index contributed by atoms with van der Waals surface area (Å²) in [5, 5.41) is 9.53. The Labute approximate surface area is 144 Å². The average molecular weight is 336 g/mol. The van der Waals surface area contributed by atoms with Gasteiger partial charge in [-0.1, -0.05) is 72.4 Å². The summed E-state index contributed by atoms with van der Waals surface area (Å²) >= 11 is 1.22. The molecule has 2 aromatic carbocycles. The van der Waals surface area contributed by atoms with E-state index >= 15 is 0 Å². The van der Waals surface area contributed by atoms with Crippen molar-refractivity contribution in [3.63, 3.8) is 0 Å². The Kier molecular flexibility index (Phi) is 4.91. The molecule has 0 fully saturated rings. The SMILES string of the molecule is Cc1nc(S[C@H](C(=O)O)c2ccccc2)cc(-c2ccccc2)n1. The van der Waals surface area contributed by atoms with Gasteiger partial charge in [0.2, 0.25) is 0 Å². The van der Waals surface area contributed by atoms with Crippen LogP contribution in [0.25, 0.3) is 11.3 Å². The minimum Gasteiger partial charge on any atom is -0.480 e. The van der Waals surface area contributed by atoms with Gasteiger partial charge in [-0.25, -0.2) is 9.97 Å². The smallest absolute Gasteiger partial charge is 0.321 e. The summed E-state index contributed by atoms with van der Waals surface area (Å²) < 4.78 is 0. The van der Waals surface area contributed by atoms with Gasteiger partial charge in [0.15, 0.2) is 0 Å². The van der Waals surface area contributed by atoms with Crippen molar-refractivity contribution in [3.8, 4) is 11.3 Å². The number of hydrogen-bond donors (Lipinski definition) is 1. The molecule has 0 aliphatic heterocycles. The van der Waals surface area contributed by atoms with Crippen LogP contribution in [0, 0.1) is 6.92 Å². The number of carbonyl (C=O) groups is 1. The summed E-state index contributed by atoms with van der Waals surface area (Å²) in [5.41, 5.74) is 2.52. The number of hydrogen-bond acceptors (Lipinski definition) is 4. The van der Waals surface area contributed by atoms with E-state index in [1.165, 1.54) is 11.8 Å². The molecule has 120 valence electrons. The van der Waals surface area contributed by atoms with Gasteiger partial charge in [0.25, 0.3) is 0 Å². The lowest BCUT2D eigenvalue weighted by atomic mass is 10.1. The highest BCUT2D eigenvalue weighted by molar-refractivity contribution is 8.00. The number of aromatic nitrogens is 2. The van der Waals surface area contributed by atoms with E-state index in [1.807, 2.05) is 73.7 Å². The molecule has 0 unspecified atom stereocenters. The van der Waals surface area contributed by atoms with Gasteiger partial charge in [-0.05, 0) is 18.6 Å². The number of aliphatic carboxylic acids is 1. The molecule has 24 heavy (non-hydrogen) atoms. The van der Waals surface area contributed by atoms with Gasteiger partial charge in [0.1, 0.15) is 16.1 Å². The molecule has 1 aromatic heterocycles. The highest BCUT2D eigenvalue weighted by Crippen LogP contribution is 2.35. The van der Waals surface area contributed by atoms with Crippen LogP contribution in [0.15, 0.2) is 71.8 Å². The molecule has 0 radical (unpaired) electrons. The summed E-state index contributed by atoms with van der Waals surface area (Å²) in [5.74, 6) is -0.264. The van der Waals surface area contributed by atoms with Crippen LogP contribution in [0.1, 0.15) is 16.6 Å². The van der Waals surface area contributed by atoms with Crippen LogP contribution in [0.5, 0.6) is 0 Å². The Morgan fingerprint density at radius 2 is 1.62 bits per heavy atom. The number of aryl methyl sites for hydroxylation is 1. The highest BCUT2D eigenvalue weighted by Gasteiger charge is 2.22. The first-order chi connectivity index (χ1) is 11.6. The number of thioether (sulfide) groups is 1. The zero-order valence-corrected chi connectivity index (χ0v) is 13.9. The van der Waals surface area contributed by atoms with E-state index in [9.17, 15) is 9.90 Å². The fourth-order valence-corrected chi connectivity index (χ4v) is 3.37. The van der Waals surface area contributed by atoms with Crippen molar-refractivity contribution >= 4 is 17.7 Å². The lowest BCUT2D eigenvalue weighted by Gasteiger charge is -2.13. The lowest BCUT2D eigenvalue weighted by molar-refractivity contribution is -0.136. The van der Waals surface area contributed by atoms with Crippen LogP contribution in [-0.4, -0.2) is 21.0 Å². The van der Waals surface area contributed by atoms with Crippen molar-refractivity contribution in [3.05, 3.63) is 78.1 Å². The van der Waals surface area contributed by atoms with Crippen LogP contribution >= 0.6 is 11.8 Å². The van der Waals surface area contributed by atoms with Crippen molar-refractivity contribution in [2.45, 2.75) is 17.2 Å². The Hall–Kier alpha value is -2.66. The topological polar surface area (TPSA) is 63.1 Å². The maximum Gasteiger partial charge on any atom is 0.321 e. The van der Waals surface area contributed by atoms with Crippen molar-refractivity contribution in [1.29, 1.82) is 0 Å². The minimum absolute atomic E-state index is 0.621. The third kappa shape index (κ3) is 3.81. The predicted molar refractivity (Wildman–Crippen MR) is 94.9 cm³/mol. The normalized spacial score (nSPS) is 11.9. The largest absolute Gasteiger partial charge is 0.480 e. The fraction of sp³-hybridized carbons (Fsp3) is 0.105. The summed E-state index contributed by atoms with van der Waals surface area (Å²) in [6.07, 6.45) is 0.